The van der Waals surface area contributed by atoms with Gasteiger partial charge in [0.2, 0.25) is 0 Å². The second kappa shape index (κ2) is 13.5. The lowest BCUT2D eigenvalue weighted by atomic mass is 10.1. The number of nitrogens with one attached hydrogen (secondary N) is 1. The average molecular weight is 611 g/mol. The van der Waals surface area contributed by atoms with Gasteiger partial charge < -0.3 is 36.1 Å². The van der Waals surface area contributed by atoms with Crippen LogP contribution in [0.25, 0.3) is 11.2 Å². The molecule has 0 unspecified atom stereocenters. The molecule has 0 saturated carbocycles. The second-order valence-electron chi connectivity index (χ2n) is 10.1. The van der Waals surface area contributed by atoms with E-state index in [4.69, 9.17) is 32.5 Å². The highest BCUT2D eigenvalue weighted by Crippen LogP contribution is 2.29. The Morgan fingerprint density at radius 2 is 1.95 bits per heavy atom. The van der Waals surface area contributed by atoms with Gasteiger partial charge in [0, 0.05) is 55.6 Å². The number of benzene rings is 2. The lowest BCUT2D eigenvalue weighted by molar-refractivity contribution is 0.122. The van der Waals surface area contributed by atoms with Crippen LogP contribution in [0.2, 0.25) is 5.15 Å². The summed E-state index contributed by atoms with van der Waals surface area (Å²) in [5.74, 6) is 2.00. The van der Waals surface area contributed by atoms with Gasteiger partial charge in [-0.15, -0.1) is 0 Å². The Hall–Kier alpha value is -3.71. The molecule has 1 amide bonds. The van der Waals surface area contributed by atoms with Crippen molar-refractivity contribution in [3.63, 3.8) is 0 Å². The van der Waals surface area contributed by atoms with Gasteiger partial charge in [-0.1, -0.05) is 23.7 Å². The first-order chi connectivity index (χ1) is 20.3. The van der Waals surface area contributed by atoms with E-state index < -0.39 is 12.2 Å². The lowest BCUT2D eigenvalue weighted by Gasteiger charge is -2.29. The summed E-state index contributed by atoms with van der Waals surface area (Å²) in [5, 5.41) is 3.10. The summed E-state index contributed by atoms with van der Waals surface area (Å²) in [6.45, 7) is 3.71. The molecule has 13 heteroatoms. The highest BCUT2D eigenvalue weighted by molar-refractivity contribution is 7.98. The molecular formula is C29H35ClN8O3S. The summed E-state index contributed by atoms with van der Waals surface area (Å²) in [4.78, 5) is 26.3. The molecule has 5 N–H and O–H groups in total. The van der Waals surface area contributed by atoms with Gasteiger partial charge in [-0.2, -0.15) is 11.8 Å². The number of halogens is 1. The number of rotatable bonds is 10. The number of methoxy groups -OCH3 is 1. The fourth-order valence-electron chi connectivity index (χ4n) is 4.83. The maximum absolute atomic E-state index is 13.2. The van der Waals surface area contributed by atoms with Crippen LogP contribution in [0, 0.1) is 0 Å². The van der Waals surface area contributed by atoms with Crippen molar-refractivity contribution in [2.24, 2.45) is 5.73 Å². The van der Waals surface area contributed by atoms with E-state index in [-0.39, 0.29) is 5.15 Å². The van der Waals surface area contributed by atoms with Crippen LogP contribution in [0.4, 0.5) is 21.9 Å². The summed E-state index contributed by atoms with van der Waals surface area (Å²) in [6, 6.07) is 15.2. The van der Waals surface area contributed by atoms with Crippen LogP contribution < -0.4 is 31.3 Å². The minimum absolute atomic E-state index is 0.257. The number of nitrogens with two attached hydrogens (primary N) is 2. The number of hydrogen-bond acceptors (Lipinski definition) is 10. The number of pyridine rings is 1. The number of nitrogens with zero attached hydrogens (tertiary/aromatic N) is 5. The first-order valence-electron chi connectivity index (χ1n) is 13.5. The number of imidazole rings is 1. The van der Waals surface area contributed by atoms with Crippen LogP contribution in [0.5, 0.6) is 5.75 Å². The average Bonchev–Trinajstić information content (AvgIpc) is 3.41. The van der Waals surface area contributed by atoms with E-state index in [1.54, 1.807) is 24.9 Å². The number of thioether (sulfide) groups is 1. The van der Waals surface area contributed by atoms with E-state index in [1.165, 1.54) is 10.9 Å². The molecule has 1 atom stereocenters. The molecule has 0 bridgehead atoms. The number of carbonyl (C=O) groups excluding carboxylic acids is 1. The Kier molecular flexibility index (Phi) is 9.58. The van der Waals surface area contributed by atoms with Crippen molar-refractivity contribution in [3.8, 4) is 5.75 Å². The zero-order valence-corrected chi connectivity index (χ0v) is 25.2. The largest absolute Gasteiger partial charge is 0.497 e. The normalized spacial score (nSPS) is 14.1. The molecule has 2 aromatic heterocycles. The van der Waals surface area contributed by atoms with Crippen LogP contribution in [-0.2, 0) is 17.0 Å². The minimum Gasteiger partial charge on any atom is -0.497 e. The van der Waals surface area contributed by atoms with Gasteiger partial charge in [0.05, 0.1) is 32.2 Å². The number of ether oxygens (including phenoxy) is 2. The zero-order valence-electron chi connectivity index (χ0n) is 23.6. The Morgan fingerprint density at radius 1 is 1.19 bits per heavy atom. The molecule has 0 aliphatic carbocycles. The quantitative estimate of drug-likeness (QED) is 0.138. The number of morpholine rings is 1. The zero-order chi connectivity index (χ0) is 29.6. The molecule has 1 aliphatic rings. The first kappa shape index (κ1) is 29.8. The summed E-state index contributed by atoms with van der Waals surface area (Å²) in [6.07, 6.45) is 0.851. The van der Waals surface area contributed by atoms with Crippen LogP contribution in [0.1, 0.15) is 11.1 Å². The van der Waals surface area contributed by atoms with Crippen molar-refractivity contribution >= 4 is 57.6 Å². The fraction of sp³-hybridized carbons (Fsp3) is 0.345. The standard InChI is InChI=1S/C29H35ClN8O3S/c1-36(15-19-3-5-23(40-2)6-4-19)24-14-25(30)34-28-27(24)33-18-38(28)29(39)35-26(32)17-42-16-20-11-21(31)13-22(12-20)37-7-9-41-10-8-37/h3-6,11-14,18,26H,7-10,15-17,31-32H2,1-2H3,(H,35,39)/t26-/m0/s1. The number of hydrogen-bond donors (Lipinski definition) is 3. The number of amides is 1. The number of fused-ring (bicyclic) bond motifs is 1. The van der Waals surface area contributed by atoms with Gasteiger partial charge in [-0.05, 0) is 41.5 Å². The smallest absolute Gasteiger partial charge is 0.329 e. The van der Waals surface area contributed by atoms with Crippen molar-refractivity contribution in [3.05, 3.63) is 71.1 Å². The highest BCUT2D eigenvalue weighted by atomic mass is 35.5. The first-order valence-corrected chi connectivity index (χ1v) is 15.1. The third kappa shape index (κ3) is 7.19. The van der Waals surface area contributed by atoms with Crippen molar-refractivity contribution in [1.29, 1.82) is 0 Å². The van der Waals surface area contributed by atoms with Gasteiger partial charge >= 0.3 is 6.03 Å². The summed E-state index contributed by atoms with van der Waals surface area (Å²) >= 11 is 7.99. The Morgan fingerprint density at radius 3 is 2.69 bits per heavy atom. The van der Waals surface area contributed by atoms with Crippen molar-refractivity contribution in [1.82, 2.24) is 19.9 Å². The molecule has 1 aliphatic heterocycles. The molecule has 5 rings (SSSR count). The van der Waals surface area contributed by atoms with Gasteiger partial charge in [0.15, 0.2) is 5.65 Å². The van der Waals surface area contributed by atoms with Crippen molar-refractivity contribution in [2.45, 2.75) is 18.5 Å². The van der Waals surface area contributed by atoms with Crippen molar-refractivity contribution < 1.29 is 14.3 Å². The molecule has 3 heterocycles. The van der Waals surface area contributed by atoms with Crippen LogP contribution in [0.15, 0.2) is 54.9 Å². The predicted octanol–water partition coefficient (Wildman–Crippen LogP) is 3.92. The molecule has 1 saturated heterocycles. The van der Waals surface area contributed by atoms with Gasteiger partial charge in [0.1, 0.15) is 22.7 Å². The highest BCUT2D eigenvalue weighted by Gasteiger charge is 2.19. The molecule has 0 spiro atoms. The Balaban J connectivity index is 1.20. The van der Waals surface area contributed by atoms with E-state index in [1.807, 2.05) is 48.3 Å². The number of aromatic nitrogens is 3. The summed E-state index contributed by atoms with van der Waals surface area (Å²) in [5.41, 5.74) is 18.1. The number of nitrogen functional groups attached to an aromatic ring is 1. The van der Waals surface area contributed by atoms with Crippen LogP contribution in [-0.4, -0.2) is 72.9 Å². The summed E-state index contributed by atoms with van der Waals surface area (Å²) < 4.78 is 12.0. The summed E-state index contributed by atoms with van der Waals surface area (Å²) in [7, 11) is 3.57. The van der Waals surface area contributed by atoms with Crippen LogP contribution in [0.3, 0.4) is 0 Å². The molecular weight excluding hydrogens is 576 g/mol. The maximum Gasteiger partial charge on any atom is 0.329 e. The molecule has 2 aromatic carbocycles. The van der Waals surface area contributed by atoms with E-state index in [9.17, 15) is 4.79 Å². The van der Waals surface area contributed by atoms with E-state index >= 15 is 0 Å². The maximum atomic E-state index is 13.2. The Labute approximate surface area is 254 Å². The molecule has 42 heavy (non-hydrogen) atoms. The fourth-order valence-corrected chi connectivity index (χ4v) is 5.88. The molecule has 0 radical (unpaired) electrons. The monoisotopic (exact) mass is 610 g/mol. The van der Waals surface area contributed by atoms with E-state index in [0.29, 0.717) is 42.4 Å². The molecule has 11 nitrogen and oxygen atoms in total. The van der Waals surface area contributed by atoms with Crippen molar-refractivity contribution in [2.75, 3.05) is 61.7 Å². The van der Waals surface area contributed by atoms with E-state index in [2.05, 4.69) is 26.3 Å². The molecule has 1 fully saturated rings. The van der Waals surface area contributed by atoms with Gasteiger partial charge in [-0.25, -0.2) is 19.3 Å². The van der Waals surface area contributed by atoms with E-state index in [0.717, 1.165) is 47.0 Å². The number of anilines is 3. The van der Waals surface area contributed by atoms with Gasteiger partial charge in [-0.3, -0.25) is 0 Å². The SMILES string of the molecule is COc1ccc(CN(C)c2cc(Cl)nc3c2ncn3C(=O)N[C@H](N)CSCc2cc(N)cc(N3CCOCC3)c2)cc1. The molecule has 4 aromatic rings. The topological polar surface area (TPSA) is 137 Å². The lowest BCUT2D eigenvalue weighted by Crippen LogP contribution is -2.45. The minimum atomic E-state index is -0.587. The number of carbonyl (C=O) groups is 1. The molecule has 222 valence electrons. The Bertz CT molecular complexity index is 1530. The third-order valence-corrected chi connectivity index (χ3v) is 8.24. The second-order valence-corrected chi connectivity index (χ2v) is 11.5. The third-order valence-electron chi connectivity index (χ3n) is 6.91. The van der Waals surface area contributed by atoms with Gasteiger partial charge in [0.25, 0.3) is 0 Å². The predicted molar refractivity (Wildman–Crippen MR) is 170 cm³/mol. The van der Waals surface area contributed by atoms with Crippen LogP contribution >= 0.6 is 23.4 Å².